The van der Waals surface area contributed by atoms with Crippen molar-refractivity contribution in [3.05, 3.63) is 24.0 Å². The minimum absolute atomic E-state index is 0.316. The molecule has 0 atom stereocenters. The van der Waals surface area contributed by atoms with Crippen LogP contribution in [-0.4, -0.2) is 45.4 Å². The fourth-order valence-electron chi connectivity index (χ4n) is 4.25. The van der Waals surface area contributed by atoms with E-state index in [1.165, 1.54) is 30.6 Å². The van der Waals surface area contributed by atoms with Crippen LogP contribution in [0.4, 0.5) is 0 Å². The summed E-state index contributed by atoms with van der Waals surface area (Å²) in [6.45, 7) is 11.5. The molecule has 3 heterocycles. The second-order valence-electron chi connectivity index (χ2n) is 9.07. The maximum atomic E-state index is 6.21. The first-order valence-corrected chi connectivity index (χ1v) is 9.93. The van der Waals surface area contributed by atoms with E-state index in [1.807, 2.05) is 0 Å². The lowest BCUT2D eigenvalue weighted by molar-refractivity contribution is 0.00578. The number of hydrogen-bond donors (Lipinski definition) is 0. The normalized spacial score (nSPS) is 25.5. The van der Waals surface area contributed by atoms with Crippen LogP contribution in [0.15, 0.2) is 18.2 Å². The van der Waals surface area contributed by atoms with Gasteiger partial charge < -0.3 is 13.9 Å². The van der Waals surface area contributed by atoms with Gasteiger partial charge in [-0.2, -0.15) is 0 Å². The molecule has 6 heteroatoms. The van der Waals surface area contributed by atoms with Gasteiger partial charge in [0.1, 0.15) is 5.82 Å². The van der Waals surface area contributed by atoms with Crippen LogP contribution in [0.5, 0.6) is 0 Å². The Labute approximate surface area is 155 Å². The van der Waals surface area contributed by atoms with E-state index in [2.05, 4.69) is 55.4 Å². The molecule has 0 spiro atoms. The molecule has 0 amide bonds. The van der Waals surface area contributed by atoms with Crippen LogP contribution in [0.2, 0.25) is 0 Å². The van der Waals surface area contributed by atoms with Gasteiger partial charge in [0.15, 0.2) is 0 Å². The van der Waals surface area contributed by atoms with E-state index in [-0.39, 0.29) is 18.3 Å². The topological polar surface area (TPSA) is 39.5 Å². The van der Waals surface area contributed by atoms with Crippen LogP contribution < -0.4 is 5.46 Å². The lowest BCUT2D eigenvalue weighted by Gasteiger charge is -2.39. The Kier molecular flexibility index (Phi) is 3.59. The van der Waals surface area contributed by atoms with Gasteiger partial charge in [-0.3, -0.25) is 4.90 Å². The van der Waals surface area contributed by atoms with Crippen molar-refractivity contribution in [3.8, 4) is 0 Å². The van der Waals surface area contributed by atoms with Gasteiger partial charge in [-0.1, -0.05) is 12.5 Å². The fourth-order valence-corrected chi connectivity index (χ4v) is 4.25. The molecule has 26 heavy (non-hydrogen) atoms. The Hall–Kier alpha value is -1.37. The van der Waals surface area contributed by atoms with Crippen LogP contribution in [-0.2, 0) is 22.4 Å². The van der Waals surface area contributed by atoms with E-state index < -0.39 is 0 Å². The molecule has 1 aromatic heterocycles. The monoisotopic (exact) mass is 353 g/mol. The zero-order valence-corrected chi connectivity index (χ0v) is 16.3. The molecule has 0 unspecified atom stereocenters. The van der Waals surface area contributed by atoms with Crippen molar-refractivity contribution < 1.29 is 9.31 Å². The van der Waals surface area contributed by atoms with Crippen molar-refractivity contribution >= 4 is 23.6 Å². The summed E-state index contributed by atoms with van der Waals surface area (Å²) in [5.41, 5.74) is 2.71. The van der Waals surface area contributed by atoms with Crippen molar-refractivity contribution in [3.63, 3.8) is 0 Å². The van der Waals surface area contributed by atoms with E-state index in [9.17, 15) is 0 Å². The smallest absolute Gasteiger partial charge is 0.399 e. The first-order valence-electron chi connectivity index (χ1n) is 9.93. The summed E-state index contributed by atoms with van der Waals surface area (Å²) < 4.78 is 14.8. The highest BCUT2D eigenvalue weighted by molar-refractivity contribution is 6.62. The summed E-state index contributed by atoms with van der Waals surface area (Å²) in [4.78, 5) is 7.57. The van der Waals surface area contributed by atoms with E-state index in [1.54, 1.807) is 0 Å². The minimum atomic E-state index is -0.324. The minimum Gasteiger partial charge on any atom is -0.399 e. The lowest BCUT2D eigenvalue weighted by atomic mass is 9.79. The van der Waals surface area contributed by atoms with Crippen molar-refractivity contribution in [2.75, 3.05) is 6.54 Å². The second kappa shape index (κ2) is 5.57. The van der Waals surface area contributed by atoms with Crippen LogP contribution in [0.25, 0.3) is 11.0 Å². The quantitative estimate of drug-likeness (QED) is 0.779. The molecule has 5 rings (SSSR count). The summed E-state index contributed by atoms with van der Waals surface area (Å²) in [5.74, 6) is 1.20. The summed E-state index contributed by atoms with van der Waals surface area (Å²) >= 11 is 0. The Bertz CT molecular complexity index is 840. The third-order valence-corrected chi connectivity index (χ3v) is 6.92. The SMILES string of the molecule is CC1(C)OB(c2ccc3c(c2)nc2n3CCN(C3CCC3)C2)OC1(C)C. The molecule has 1 saturated heterocycles. The van der Waals surface area contributed by atoms with Crippen molar-refractivity contribution in [2.24, 2.45) is 0 Å². The average molecular weight is 353 g/mol. The summed E-state index contributed by atoms with van der Waals surface area (Å²) in [6.07, 6.45) is 4.09. The predicted molar refractivity (Wildman–Crippen MR) is 103 cm³/mol. The van der Waals surface area contributed by atoms with Gasteiger partial charge >= 0.3 is 7.12 Å². The fraction of sp³-hybridized carbons (Fsp3) is 0.650. The van der Waals surface area contributed by atoms with E-state index in [0.29, 0.717) is 0 Å². The molecule has 138 valence electrons. The molecule has 5 nitrogen and oxygen atoms in total. The number of imidazole rings is 1. The van der Waals surface area contributed by atoms with Crippen LogP contribution in [0, 0.1) is 0 Å². The number of nitrogens with zero attached hydrogens (tertiary/aromatic N) is 3. The number of benzene rings is 1. The molecule has 1 saturated carbocycles. The van der Waals surface area contributed by atoms with Gasteiger partial charge in [0, 0.05) is 19.1 Å². The molecule has 2 aliphatic heterocycles. The van der Waals surface area contributed by atoms with Gasteiger partial charge in [0.05, 0.1) is 28.8 Å². The third kappa shape index (κ3) is 2.46. The number of hydrogen-bond acceptors (Lipinski definition) is 4. The number of aromatic nitrogens is 2. The molecule has 1 aromatic carbocycles. The largest absolute Gasteiger partial charge is 0.494 e. The van der Waals surface area contributed by atoms with Crippen LogP contribution in [0.3, 0.4) is 0 Å². The third-order valence-electron chi connectivity index (χ3n) is 6.92. The van der Waals surface area contributed by atoms with Crippen molar-refractivity contribution in [2.45, 2.75) is 77.3 Å². The standard InChI is InChI=1S/C20H28BN3O2/c1-19(2)20(3,4)26-21(25-19)14-8-9-17-16(12-14)22-18-13-23(10-11-24(17)18)15-6-5-7-15/h8-9,12,15H,5-7,10-11,13H2,1-4H3. The highest BCUT2D eigenvalue weighted by Crippen LogP contribution is 2.36. The van der Waals surface area contributed by atoms with Gasteiger partial charge in [-0.25, -0.2) is 4.98 Å². The number of rotatable bonds is 2. The van der Waals surface area contributed by atoms with E-state index >= 15 is 0 Å². The van der Waals surface area contributed by atoms with Crippen molar-refractivity contribution in [1.29, 1.82) is 0 Å². The first kappa shape index (κ1) is 16.8. The molecule has 1 aliphatic carbocycles. The maximum Gasteiger partial charge on any atom is 0.494 e. The zero-order chi connectivity index (χ0) is 18.1. The Morgan fingerprint density at radius 2 is 1.81 bits per heavy atom. The molecule has 0 N–H and O–H groups in total. The maximum absolute atomic E-state index is 6.21. The molecule has 0 radical (unpaired) electrons. The van der Waals surface area contributed by atoms with E-state index in [0.717, 1.165) is 36.7 Å². The summed E-state index contributed by atoms with van der Waals surface area (Å²) in [7, 11) is -0.324. The highest BCUT2D eigenvalue weighted by Gasteiger charge is 2.51. The first-order chi connectivity index (χ1) is 12.3. The second-order valence-corrected chi connectivity index (χ2v) is 9.07. The van der Waals surface area contributed by atoms with E-state index in [4.69, 9.17) is 14.3 Å². The van der Waals surface area contributed by atoms with Crippen LogP contribution in [0.1, 0.15) is 52.8 Å². The van der Waals surface area contributed by atoms with Crippen LogP contribution >= 0.6 is 0 Å². The molecule has 0 bridgehead atoms. The van der Waals surface area contributed by atoms with Gasteiger partial charge in [-0.15, -0.1) is 0 Å². The molecule has 2 fully saturated rings. The Morgan fingerprint density at radius 1 is 1.08 bits per heavy atom. The number of fused-ring (bicyclic) bond motifs is 3. The average Bonchev–Trinajstić information content (AvgIpc) is 2.98. The van der Waals surface area contributed by atoms with Gasteiger partial charge in [0.25, 0.3) is 0 Å². The predicted octanol–water partition coefficient (Wildman–Crippen LogP) is 2.70. The van der Waals surface area contributed by atoms with Gasteiger partial charge in [-0.05, 0) is 58.1 Å². The Balaban J connectivity index is 1.44. The summed E-state index contributed by atoms with van der Waals surface area (Å²) in [5, 5.41) is 0. The molecular formula is C20H28BN3O2. The molecule has 3 aliphatic rings. The van der Waals surface area contributed by atoms with Crippen molar-refractivity contribution in [1.82, 2.24) is 14.5 Å². The Morgan fingerprint density at radius 3 is 2.46 bits per heavy atom. The molecular weight excluding hydrogens is 325 g/mol. The zero-order valence-electron chi connectivity index (χ0n) is 16.3. The summed E-state index contributed by atoms with van der Waals surface area (Å²) in [6, 6.07) is 7.25. The van der Waals surface area contributed by atoms with Gasteiger partial charge in [0.2, 0.25) is 0 Å². The lowest BCUT2D eigenvalue weighted by Crippen LogP contribution is -2.44. The molecule has 2 aromatic rings. The highest BCUT2D eigenvalue weighted by atomic mass is 16.7.